The van der Waals surface area contributed by atoms with E-state index in [1.807, 2.05) is 0 Å². The molecule has 1 heterocycles. The highest BCUT2D eigenvalue weighted by Crippen LogP contribution is 2.25. The van der Waals surface area contributed by atoms with E-state index in [0.29, 0.717) is 18.0 Å². The van der Waals surface area contributed by atoms with E-state index in [2.05, 4.69) is 4.72 Å². The summed E-state index contributed by atoms with van der Waals surface area (Å²) in [4.78, 5) is 11.4. The maximum absolute atomic E-state index is 12.1. The number of aromatic carboxylic acids is 1. The van der Waals surface area contributed by atoms with Crippen LogP contribution >= 0.6 is 11.3 Å². The van der Waals surface area contributed by atoms with Crippen molar-refractivity contribution < 1.29 is 23.1 Å². The van der Waals surface area contributed by atoms with Crippen LogP contribution in [0.4, 0.5) is 0 Å². The van der Waals surface area contributed by atoms with Crippen LogP contribution < -0.4 is 4.72 Å². The maximum atomic E-state index is 12.1. The number of methoxy groups -OCH3 is 1. The van der Waals surface area contributed by atoms with Crippen molar-refractivity contribution in [2.24, 2.45) is 0 Å². The van der Waals surface area contributed by atoms with Gasteiger partial charge >= 0.3 is 5.97 Å². The van der Waals surface area contributed by atoms with Crippen molar-refractivity contribution in [3.63, 3.8) is 0 Å². The summed E-state index contributed by atoms with van der Waals surface area (Å²) in [7, 11) is -2.00. The number of carbonyl (C=O) groups is 1. The highest BCUT2D eigenvalue weighted by molar-refractivity contribution is 7.89. The van der Waals surface area contributed by atoms with Crippen LogP contribution in [-0.4, -0.2) is 39.8 Å². The van der Waals surface area contributed by atoms with E-state index in [9.17, 15) is 13.2 Å². The van der Waals surface area contributed by atoms with Crippen LogP contribution in [0.2, 0.25) is 0 Å². The molecule has 0 aliphatic carbocycles. The number of carboxylic acid groups (broad SMARTS) is 1. The Labute approximate surface area is 122 Å². The Morgan fingerprint density at radius 1 is 1.40 bits per heavy atom. The summed E-state index contributed by atoms with van der Waals surface area (Å²) in [6, 6.07) is 1.20. The molecule has 0 amide bonds. The monoisotopic (exact) mass is 321 g/mol. The van der Waals surface area contributed by atoms with Gasteiger partial charge in [-0.15, -0.1) is 11.3 Å². The first-order valence-electron chi connectivity index (χ1n) is 6.21. The second-order valence-electron chi connectivity index (χ2n) is 4.29. The van der Waals surface area contributed by atoms with Crippen LogP contribution in [0.5, 0.6) is 0 Å². The molecular formula is C12H19NO5S2. The van der Waals surface area contributed by atoms with E-state index in [1.54, 1.807) is 14.0 Å². The van der Waals surface area contributed by atoms with Crippen molar-refractivity contribution in [1.29, 1.82) is 0 Å². The average molecular weight is 321 g/mol. The first kappa shape index (κ1) is 17.1. The zero-order chi connectivity index (χ0) is 15.2. The fourth-order valence-electron chi connectivity index (χ4n) is 1.67. The summed E-state index contributed by atoms with van der Waals surface area (Å²) in [5.41, 5.74) is 0. The Balaban J connectivity index is 2.58. The fraction of sp³-hybridized carbons (Fsp3) is 0.583. The quantitative estimate of drug-likeness (QED) is 0.677. The van der Waals surface area contributed by atoms with E-state index >= 15 is 0 Å². The summed E-state index contributed by atoms with van der Waals surface area (Å²) >= 11 is 0.964. The van der Waals surface area contributed by atoms with Gasteiger partial charge in [0.1, 0.15) is 4.88 Å². The lowest BCUT2D eigenvalue weighted by Gasteiger charge is -2.06. The van der Waals surface area contributed by atoms with Gasteiger partial charge in [-0.25, -0.2) is 17.9 Å². The summed E-state index contributed by atoms with van der Waals surface area (Å²) in [5.74, 6) is -1.11. The van der Waals surface area contributed by atoms with Gasteiger partial charge in [-0.1, -0.05) is 0 Å². The first-order valence-corrected chi connectivity index (χ1v) is 8.51. The molecule has 0 fully saturated rings. The lowest BCUT2D eigenvalue weighted by Crippen LogP contribution is -2.25. The van der Waals surface area contributed by atoms with Gasteiger partial charge in [0.15, 0.2) is 0 Å². The zero-order valence-electron chi connectivity index (χ0n) is 11.5. The van der Waals surface area contributed by atoms with E-state index in [-0.39, 0.29) is 9.77 Å². The van der Waals surface area contributed by atoms with Gasteiger partial charge < -0.3 is 9.84 Å². The predicted molar refractivity (Wildman–Crippen MR) is 76.9 cm³/mol. The molecule has 0 unspecified atom stereocenters. The van der Waals surface area contributed by atoms with Gasteiger partial charge in [0.25, 0.3) is 0 Å². The molecule has 0 saturated carbocycles. The van der Waals surface area contributed by atoms with Gasteiger partial charge in [0, 0.05) is 25.1 Å². The molecule has 0 bridgehead atoms. The molecule has 0 spiro atoms. The molecule has 0 aliphatic rings. The second kappa shape index (κ2) is 7.72. The van der Waals surface area contributed by atoms with Crippen molar-refractivity contribution in [3.05, 3.63) is 15.8 Å². The summed E-state index contributed by atoms with van der Waals surface area (Å²) in [5, 5.41) is 8.87. The molecule has 1 aromatic rings. The fourth-order valence-corrected chi connectivity index (χ4v) is 4.17. The number of nitrogens with one attached hydrogen (secondary N) is 1. The molecule has 1 rings (SSSR count). The Morgan fingerprint density at radius 3 is 2.65 bits per heavy atom. The van der Waals surface area contributed by atoms with E-state index in [4.69, 9.17) is 9.84 Å². The molecule has 0 radical (unpaired) electrons. The van der Waals surface area contributed by atoms with Crippen LogP contribution in [0.3, 0.4) is 0 Å². The molecular weight excluding hydrogens is 302 g/mol. The standard InChI is InChI=1S/C12H19NO5S2/c1-9-11(8-10(19-9)12(14)15)20(16,17)13-6-4-3-5-7-18-2/h8,13H,3-7H2,1-2H3,(H,14,15). The zero-order valence-corrected chi connectivity index (χ0v) is 13.1. The number of carboxylic acids is 1. The van der Waals surface area contributed by atoms with E-state index in [0.717, 1.165) is 30.6 Å². The SMILES string of the molecule is COCCCCCNS(=O)(=O)c1cc(C(=O)O)sc1C. The number of hydrogen-bond donors (Lipinski definition) is 2. The molecule has 0 atom stereocenters. The maximum Gasteiger partial charge on any atom is 0.345 e. The van der Waals surface area contributed by atoms with Gasteiger partial charge in [-0.2, -0.15) is 0 Å². The number of hydrogen-bond acceptors (Lipinski definition) is 5. The van der Waals surface area contributed by atoms with Gasteiger partial charge in [0.05, 0.1) is 4.90 Å². The molecule has 1 aromatic heterocycles. The minimum atomic E-state index is -3.63. The van der Waals surface area contributed by atoms with Crippen LogP contribution in [0.1, 0.15) is 33.8 Å². The van der Waals surface area contributed by atoms with E-state index < -0.39 is 16.0 Å². The number of sulfonamides is 1. The van der Waals surface area contributed by atoms with Gasteiger partial charge in [0.2, 0.25) is 10.0 Å². The van der Waals surface area contributed by atoms with E-state index in [1.165, 1.54) is 6.07 Å². The van der Waals surface area contributed by atoms with Crippen LogP contribution in [-0.2, 0) is 14.8 Å². The predicted octanol–water partition coefficient (Wildman–Crippen LogP) is 1.85. The molecule has 0 aromatic carbocycles. The number of unbranched alkanes of at least 4 members (excludes halogenated alkanes) is 2. The topological polar surface area (TPSA) is 92.7 Å². The summed E-state index contributed by atoms with van der Waals surface area (Å²) < 4.78 is 31.5. The Bertz CT molecular complexity index is 550. The Kier molecular flexibility index (Phi) is 6.60. The van der Waals surface area contributed by atoms with Crippen molar-refractivity contribution in [2.75, 3.05) is 20.3 Å². The first-order chi connectivity index (χ1) is 9.38. The second-order valence-corrected chi connectivity index (χ2v) is 7.28. The summed E-state index contributed by atoms with van der Waals surface area (Å²) in [6.07, 6.45) is 2.48. The van der Waals surface area contributed by atoms with Gasteiger partial charge in [-0.05, 0) is 32.3 Å². The summed E-state index contributed by atoms with van der Waals surface area (Å²) in [6.45, 7) is 2.60. The third-order valence-corrected chi connectivity index (χ3v) is 5.44. The molecule has 20 heavy (non-hydrogen) atoms. The number of rotatable bonds is 9. The molecule has 2 N–H and O–H groups in total. The molecule has 6 nitrogen and oxygen atoms in total. The van der Waals surface area contributed by atoms with Crippen molar-refractivity contribution in [3.8, 4) is 0 Å². The van der Waals surface area contributed by atoms with Crippen LogP contribution in [0.25, 0.3) is 0 Å². The molecule has 114 valence electrons. The lowest BCUT2D eigenvalue weighted by atomic mass is 10.2. The third-order valence-electron chi connectivity index (χ3n) is 2.69. The Morgan fingerprint density at radius 2 is 2.10 bits per heavy atom. The van der Waals surface area contributed by atoms with Crippen LogP contribution in [0, 0.1) is 6.92 Å². The highest BCUT2D eigenvalue weighted by Gasteiger charge is 2.21. The minimum Gasteiger partial charge on any atom is -0.477 e. The number of ether oxygens (including phenoxy) is 1. The normalized spacial score (nSPS) is 11.7. The third kappa shape index (κ3) is 4.86. The molecule has 0 saturated heterocycles. The van der Waals surface area contributed by atoms with Gasteiger partial charge in [-0.3, -0.25) is 0 Å². The highest BCUT2D eigenvalue weighted by atomic mass is 32.2. The lowest BCUT2D eigenvalue weighted by molar-refractivity contribution is 0.0702. The largest absolute Gasteiger partial charge is 0.477 e. The molecule has 0 aliphatic heterocycles. The minimum absolute atomic E-state index is 0.0305. The number of thiophene rings is 1. The van der Waals surface area contributed by atoms with Crippen molar-refractivity contribution in [2.45, 2.75) is 31.1 Å². The smallest absolute Gasteiger partial charge is 0.345 e. The average Bonchev–Trinajstić information content (AvgIpc) is 2.77. The Hall–Kier alpha value is -0.960. The van der Waals surface area contributed by atoms with Crippen molar-refractivity contribution in [1.82, 2.24) is 4.72 Å². The molecule has 8 heteroatoms. The van der Waals surface area contributed by atoms with Crippen molar-refractivity contribution >= 4 is 27.3 Å². The number of aryl methyl sites for hydroxylation is 1. The van der Waals surface area contributed by atoms with Crippen LogP contribution in [0.15, 0.2) is 11.0 Å².